The highest BCUT2D eigenvalue weighted by Gasteiger charge is 2.29. The molecule has 0 spiro atoms. The molecule has 1 aliphatic rings. The van der Waals surface area contributed by atoms with Gasteiger partial charge in [0, 0.05) is 11.6 Å². The maximum absolute atomic E-state index is 12.8. The highest BCUT2D eigenvalue weighted by Crippen LogP contribution is 2.40. The Labute approximate surface area is 159 Å². The molecule has 0 saturated carbocycles. The second-order valence-electron chi connectivity index (χ2n) is 6.47. The van der Waals surface area contributed by atoms with Crippen LogP contribution in [0.25, 0.3) is 0 Å². The molecule has 2 aromatic carbocycles. The van der Waals surface area contributed by atoms with Gasteiger partial charge in [-0.1, -0.05) is 12.1 Å². The van der Waals surface area contributed by atoms with E-state index < -0.39 is 10.0 Å². The van der Waals surface area contributed by atoms with Crippen molar-refractivity contribution in [2.24, 2.45) is 0 Å². The minimum absolute atomic E-state index is 0.0703. The van der Waals surface area contributed by atoms with Crippen LogP contribution in [0.15, 0.2) is 41.3 Å². The molecule has 0 aliphatic carbocycles. The maximum atomic E-state index is 12.8. The van der Waals surface area contributed by atoms with Crippen molar-refractivity contribution in [3.8, 4) is 17.6 Å². The summed E-state index contributed by atoms with van der Waals surface area (Å²) in [4.78, 5) is 1.99. The average molecular weight is 387 g/mol. The number of rotatable bonds is 5. The van der Waals surface area contributed by atoms with Gasteiger partial charge in [0.25, 0.3) is 10.0 Å². The lowest BCUT2D eigenvalue weighted by atomic mass is 10.00. The number of ether oxygens (including phenoxy) is 2. The number of hydrogen-bond donors (Lipinski definition) is 1. The van der Waals surface area contributed by atoms with Crippen LogP contribution in [0.3, 0.4) is 0 Å². The van der Waals surface area contributed by atoms with Crippen LogP contribution in [-0.4, -0.2) is 47.2 Å². The van der Waals surface area contributed by atoms with Gasteiger partial charge in [0.15, 0.2) is 0 Å². The van der Waals surface area contributed by atoms with Gasteiger partial charge in [-0.2, -0.15) is 5.26 Å². The molecule has 27 heavy (non-hydrogen) atoms. The Bertz CT molecular complexity index is 996. The van der Waals surface area contributed by atoms with E-state index in [-0.39, 0.29) is 16.5 Å². The second-order valence-corrected chi connectivity index (χ2v) is 8.12. The number of methoxy groups -OCH3 is 1. The maximum Gasteiger partial charge on any atom is 0.263 e. The SMILES string of the molecule is COc1ccc(NS(=O)(=O)c2ccccc2C#N)c2c1C[C@@H](N(C)C)CO2. The lowest BCUT2D eigenvalue weighted by molar-refractivity contribution is 0.164. The van der Waals surface area contributed by atoms with E-state index in [0.29, 0.717) is 30.2 Å². The molecule has 0 unspecified atom stereocenters. The summed E-state index contributed by atoms with van der Waals surface area (Å²) in [7, 11) is 1.57. The molecule has 8 heteroatoms. The third kappa shape index (κ3) is 3.70. The van der Waals surface area contributed by atoms with Gasteiger partial charge in [-0.15, -0.1) is 0 Å². The van der Waals surface area contributed by atoms with E-state index in [1.165, 1.54) is 12.1 Å². The number of nitrogens with zero attached hydrogens (tertiary/aromatic N) is 2. The van der Waals surface area contributed by atoms with Crippen LogP contribution in [0.1, 0.15) is 11.1 Å². The van der Waals surface area contributed by atoms with Crippen LogP contribution in [0.2, 0.25) is 0 Å². The summed E-state index contributed by atoms with van der Waals surface area (Å²) in [5.41, 5.74) is 1.23. The van der Waals surface area contributed by atoms with Crippen LogP contribution < -0.4 is 14.2 Å². The van der Waals surface area contributed by atoms with Crippen molar-refractivity contribution in [2.45, 2.75) is 17.4 Å². The number of anilines is 1. The van der Waals surface area contributed by atoms with E-state index in [1.807, 2.05) is 20.2 Å². The summed E-state index contributed by atoms with van der Waals surface area (Å²) in [6, 6.07) is 11.5. The predicted molar refractivity (Wildman–Crippen MR) is 102 cm³/mol. The van der Waals surface area contributed by atoms with Crippen molar-refractivity contribution < 1.29 is 17.9 Å². The Morgan fingerprint density at radius 2 is 2.00 bits per heavy atom. The summed E-state index contributed by atoms with van der Waals surface area (Å²) >= 11 is 0. The van der Waals surface area contributed by atoms with Crippen molar-refractivity contribution in [3.05, 3.63) is 47.5 Å². The van der Waals surface area contributed by atoms with Gasteiger partial charge in [0.2, 0.25) is 0 Å². The van der Waals surface area contributed by atoms with Crippen LogP contribution in [0, 0.1) is 11.3 Å². The quantitative estimate of drug-likeness (QED) is 0.846. The summed E-state index contributed by atoms with van der Waals surface area (Å²) in [6.45, 7) is 0.441. The van der Waals surface area contributed by atoms with E-state index in [0.717, 1.165) is 5.56 Å². The molecular weight excluding hydrogens is 366 g/mol. The molecule has 3 rings (SSSR count). The van der Waals surface area contributed by atoms with Gasteiger partial charge in [0.05, 0.1) is 18.4 Å². The van der Waals surface area contributed by atoms with Crippen molar-refractivity contribution in [2.75, 3.05) is 32.5 Å². The molecule has 0 fully saturated rings. The molecule has 1 aliphatic heterocycles. The van der Waals surface area contributed by atoms with Gasteiger partial charge in [-0.25, -0.2) is 8.42 Å². The third-order valence-corrected chi connectivity index (χ3v) is 5.99. The Kier molecular flexibility index (Phi) is 5.26. The first-order chi connectivity index (χ1) is 12.9. The normalized spacial score (nSPS) is 16.2. The van der Waals surface area contributed by atoms with E-state index in [4.69, 9.17) is 9.47 Å². The molecule has 0 bridgehead atoms. The standard InChI is InChI=1S/C19H21N3O4S/c1-22(2)14-10-15-17(25-3)9-8-16(19(15)26-12-14)21-27(23,24)18-7-5-4-6-13(18)11-20/h4-9,14,21H,10,12H2,1-3H3/t14-/m1/s1. The molecule has 1 heterocycles. The fourth-order valence-corrected chi connectivity index (χ4v) is 4.26. The molecule has 142 valence electrons. The lowest BCUT2D eigenvalue weighted by Gasteiger charge is -2.32. The fourth-order valence-electron chi connectivity index (χ4n) is 3.04. The smallest absolute Gasteiger partial charge is 0.263 e. The van der Waals surface area contributed by atoms with Crippen LogP contribution in [-0.2, 0) is 16.4 Å². The first kappa shape index (κ1) is 19.0. The first-order valence-corrected chi connectivity index (χ1v) is 9.86. The minimum Gasteiger partial charge on any atom is -0.496 e. The molecular formula is C19H21N3O4S. The number of hydrogen-bond acceptors (Lipinski definition) is 6. The summed E-state index contributed by atoms with van der Waals surface area (Å²) < 4.78 is 39.6. The highest BCUT2D eigenvalue weighted by atomic mass is 32.2. The Balaban J connectivity index is 2.02. The summed E-state index contributed by atoms with van der Waals surface area (Å²) in [6.07, 6.45) is 0.676. The molecule has 0 saturated heterocycles. The van der Waals surface area contributed by atoms with E-state index in [9.17, 15) is 13.7 Å². The Morgan fingerprint density at radius 1 is 1.26 bits per heavy atom. The minimum atomic E-state index is -3.94. The zero-order valence-electron chi connectivity index (χ0n) is 15.4. The van der Waals surface area contributed by atoms with Crippen molar-refractivity contribution in [3.63, 3.8) is 0 Å². The number of nitriles is 1. The van der Waals surface area contributed by atoms with Crippen molar-refractivity contribution >= 4 is 15.7 Å². The van der Waals surface area contributed by atoms with E-state index in [2.05, 4.69) is 9.62 Å². The van der Waals surface area contributed by atoms with Crippen LogP contribution >= 0.6 is 0 Å². The number of likely N-dealkylation sites (N-methyl/N-ethyl adjacent to an activating group) is 1. The predicted octanol–water partition coefficient (Wildman–Crippen LogP) is 2.23. The number of sulfonamides is 1. The number of benzene rings is 2. The largest absolute Gasteiger partial charge is 0.496 e. The molecule has 7 nitrogen and oxygen atoms in total. The summed E-state index contributed by atoms with van der Waals surface area (Å²) in [5, 5.41) is 9.20. The Morgan fingerprint density at radius 3 is 2.67 bits per heavy atom. The van der Waals surface area contributed by atoms with Crippen LogP contribution in [0.4, 0.5) is 5.69 Å². The number of nitrogens with one attached hydrogen (secondary N) is 1. The van der Waals surface area contributed by atoms with Crippen LogP contribution in [0.5, 0.6) is 11.5 Å². The van der Waals surface area contributed by atoms with Gasteiger partial charge in [-0.05, 0) is 44.8 Å². The molecule has 0 amide bonds. The zero-order valence-corrected chi connectivity index (χ0v) is 16.2. The summed E-state index contributed by atoms with van der Waals surface area (Å²) in [5.74, 6) is 1.11. The first-order valence-electron chi connectivity index (χ1n) is 8.38. The topological polar surface area (TPSA) is 91.7 Å². The van der Waals surface area contributed by atoms with E-state index >= 15 is 0 Å². The molecule has 1 atom stereocenters. The highest BCUT2D eigenvalue weighted by molar-refractivity contribution is 7.92. The molecule has 1 N–H and O–H groups in total. The zero-order chi connectivity index (χ0) is 19.6. The third-order valence-electron chi connectivity index (χ3n) is 4.57. The molecule has 0 aromatic heterocycles. The monoisotopic (exact) mass is 387 g/mol. The van der Waals surface area contributed by atoms with Crippen molar-refractivity contribution in [1.82, 2.24) is 4.90 Å². The lowest BCUT2D eigenvalue weighted by Crippen LogP contribution is -2.38. The molecule has 2 aromatic rings. The van der Waals surface area contributed by atoms with Crippen molar-refractivity contribution in [1.29, 1.82) is 5.26 Å². The Hall–Kier alpha value is -2.76. The second kappa shape index (κ2) is 7.47. The van der Waals surface area contributed by atoms with Gasteiger partial charge >= 0.3 is 0 Å². The molecule has 0 radical (unpaired) electrons. The van der Waals surface area contributed by atoms with Gasteiger partial charge < -0.3 is 14.4 Å². The average Bonchev–Trinajstić information content (AvgIpc) is 2.67. The fraction of sp³-hybridized carbons (Fsp3) is 0.316. The van der Waals surface area contributed by atoms with E-state index in [1.54, 1.807) is 31.4 Å². The van der Waals surface area contributed by atoms with Gasteiger partial charge in [-0.3, -0.25) is 4.72 Å². The van der Waals surface area contributed by atoms with Gasteiger partial charge in [0.1, 0.15) is 29.1 Å². The number of fused-ring (bicyclic) bond motifs is 1.